The number of aryl methyl sites for hydroxylation is 1. The van der Waals surface area contributed by atoms with Gasteiger partial charge in [0.2, 0.25) is 5.95 Å². The summed E-state index contributed by atoms with van der Waals surface area (Å²) in [6, 6.07) is 8.20. The zero-order valence-electron chi connectivity index (χ0n) is 11.4. The lowest BCUT2D eigenvalue weighted by Gasteiger charge is -2.14. The van der Waals surface area contributed by atoms with Crippen molar-refractivity contribution in [3.8, 4) is 0 Å². The first-order valence-corrected chi connectivity index (χ1v) is 6.24. The van der Waals surface area contributed by atoms with E-state index in [-0.39, 0.29) is 12.5 Å². The van der Waals surface area contributed by atoms with Crippen molar-refractivity contribution in [3.05, 3.63) is 42.2 Å². The molecule has 1 atom stereocenters. The zero-order chi connectivity index (χ0) is 15.2. The Morgan fingerprint density at radius 3 is 2.62 bits per heavy atom. The number of amides is 2. The number of benzene rings is 1. The standard InChI is InChI=1S/C13H15N5O3/c1-18-12(15-8-16-18)17-13(21)14-7-10(11(19)20)9-5-3-2-4-6-9/h2-6,8,10H,7H2,1H3,(H,19,20)(H2,14,15,16,17,21). The van der Waals surface area contributed by atoms with E-state index in [1.54, 1.807) is 37.4 Å². The van der Waals surface area contributed by atoms with E-state index in [1.165, 1.54) is 11.0 Å². The summed E-state index contributed by atoms with van der Waals surface area (Å²) in [5.74, 6) is -1.53. The Morgan fingerprint density at radius 2 is 2.05 bits per heavy atom. The molecule has 8 heteroatoms. The number of carboxylic acids is 1. The van der Waals surface area contributed by atoms with E-state index < -0.39 is 17.9 Å². The fourth-order valence-electron chi connectivity index (χ4n) is 1.78. The molecule has 0 saturated heterocycles. The molecule has 0 spiro atoms. The Labute approximate surface area is 120 Å². The van der Waals surface area contributed by atoms with Crippen molar-refractivity contribution in [1.29, 1.82) is 0 Å². The van der Waals surface area contributed by atoms with Crippen LogP contribution in [-0.2, 0) is 11.8 Å². The molecule has 0 radical (unpaired) electrons. The second kappa shape index (κ2) is 6.51. The summed E-state index contributed by atoms with van der Waals surface area (Å²) in [5.41, 5.74) is 0.629. The van der Waals surface area contributed by atoms with Gasteiger partial charge in [0.15, 0.2) is 0 Å². The quantitative estimate of drug-likeness (QED) is 0.754. The second-order valence-electron chi connectivity index (χ2n) is 4.34. The third-order valence-electron chi connectivity index (χ3n) is 2.90. The lowest BCUT2D eigenvalue weighted by atomic mass is 9.99. The van der Waals surface area contributed by atoms with Crippen molar-refractivity contribution in [2.75, 3.05) is 11.9 Å². The number of hydrogen-bond acceptors (Lipinski definition) is 4. The fourth-order valence-corrected chi connectivity index (χ4v) is 1.78. The van der Waals surface area contributed by atoms with Crippen LogP contribution in [0.15, 0.2) is 36.7 Å². The van der Waals surface area contributed by atoms with Crippen molar-refractivity contribution in [3.63, 3.8) is 0 Å². The molecule has 0 fully saturated rings. The summed E-state index contributed by atoms with van der Waals surface area (Å²) in [6.07, 6.45) is 1.31. The summed E-state index contributed by atoms with van der Waals surface area (Å²) in [7, 11) is 1.63. The van der Waals surface area contributed by atoms with E-state index in [2.05, 4.69) is 20.7 Å². The Hall–Kier alpha value is -2.90. The molecule has 0 saturated carbocycles. The van der Waals surface area contributed by atoms with Gasteiger partial charge < -0.3 is 10.4 Å². The lowest BCUT2D eigenvalue weighted by molar-refractivity contribution is -0.138. The van der Waals surface area contributed by atoms with Crippen LogP contribution >= 0.6 is 0 Å². The molecule has 0 bridgehead atoms. The number of hydrogen-bond donors (Lipinski definition) is 3. The molecule has 2 amide bonds. The van der Waals surface area contributed by atoms with Gasteiger partial charge in [-0.15, -0.1) is 0 Å². The SMILES string of the molecule is Cn1ncnc1NC(=O)NCC(C(=O)O)c1ccccc1. The van der Waals surface area contributed by atoms with Gasteiger partial charge in [0.1, 0.15) is 6.33 Å². The second-order valence-corrected chi connectivity index (χ2v) is 4.34. The minimum absolute atomic E-state index is 0.0248. The summed E-state index contributed by atoms with van der Waals surface area (Å²) >= 11 is 0. The zero-order valence-corrected chi connectivity index (χ0v) is 11.4. The van der Waals surface area contributed by atoms with Crippen LogP contribution in [0.25, 0.3) is 0 Å². The third kappa shape index (κ3) is 3.78. The Kier molecular flexibility index (Phi) is 4.50. The largest absolute Gasteiger partial charge is 0.481 e. The van der Waals surface area contributed by atoms with Crippen LogP contribution in [0.2, 0.25) is 0 Å². The summed E-state index contributed by atoms with van der Waals surface area (Å²) < 4.78 is 1.39. The average molecular weight is 289 g/mol. The monoisotopic (exact) mass is 289 g/mol. The van der Waals surface area contributed by atoms with Crippen LogP contribution in [0.1, 0.15) is 11.5 Å². The van der Waals surface area contributed by atoms with E-state index in [0.717, 1.165) is 0 Å². The maximum atomic E-state index is 11.7. The van der Waals surface area contributed by atoms with Gasteiger partial charge in [0, 0.05) is 13.6 Å². The lowest BCUT2D eigenvalue weighted by Crippen LogP contribution is -2.35. The van der Waals surface area contributed by atoms with Gasteiger partial charge in [-0.2, -0.15) is 10.1 Å². The number of rotatable bonds is 5. The number of anilines is 1. The third-order valence-corrected chi connectivity index (χ3v) is 2.90. The minimum Gasteiger partial charge on any atom is -0.481 e. The molecular weight excluding hydrogens is 274 g/mol. The number of aromatic nitrogens is 3. The normalized spacial score (nSPS) is 11.7. The van der Waals surface area contributed by atoms with Crippen LogP contribution in [-0.4, -0.2) is 38.4 Å². The highest BCUT2D eigenvalue weighted by Gasteiger charge is 2.20. The number of aliphatic carboxylic acids is 1. The highest BCUT2D eigenvalue weighted by Crippen LogP contribution is 2.14. The minimum atomic E-state index is -1.000. The van der Waals surface area contributed by atoms with E-state index in [4.69, 9.17) is 0 Å². The Morgan fingerprint density at radius 1 is 1.33 bits per heavy atom. The molecule has 2 aromatic rings. The number of urea groups is 1. The predicted octanol–water partition coefficient (Wildman–Crippen LogP) is 0.805. The van der Waals surface area contributed by atoms with Crippen molar-refractivity contribution in [2.24, 2.45) is 7.05 Å². The van der Waals surface area contributed by atoms with Crippen molar-refractivity contribution in [1.82, 2.24) is 20.1 Å². The smallest absolute Gasteiger partial charge is 0.321 e. The number of nitrogens with one attached hydrogen (secondary N) is 2. The maximum Gasteiger partial charge on any atom is 0.321 e. The van der Waals surface area contributed by atoms with Gasteiger partial charge in [0.25, 0.3) is 0 Å². The first-order valence-electron chi connectivity index (χ1n) is 6.24. The molecule has 0 aliphatic heterocycles. The average Bonchev–Trinajstić information content (AvgIpc) is 2.85. The maximum absolute atomic E-state index is 11.7. The van der Waals surface area contributed by atoms with E-state index in [1.807, 2.05) is 0 Å². The van der Waals surface area contributed by atoms with E-state index in [9.17, 15) is 14.7 Å². The van der Waals surface area contributed by atoms with Gasteiger partial charge in [-0.25, -0.2) is 9.48 Å². The molecule has 8 nitrogen and oxygen atoms in total. The van der Waals surface area contributed by atoms with Crippen molar-refractivity contribution < 1.29 is 14.7 Å². The molecule has 1 heterocycles. The molecule has 21 heavy (non-hydrogen) atoms. The molecule has 0 aliphatic carbocycles. The molecule has 1 aromatic heterocycles. The van der Waals surface area contributed by atoms with Crippen LogP contribution in [0, 0.1) is 0 Å². The molecule has 110 valence electrons. The van der Waals surface area contributed by atoms with E-state index >= 15 is 0 Å². The number of carbonyl (C=O) groups is 2. The van der Waals surface area contributed by atoms with Gasteiger partial charge >= 0.3 is 12.0 Å². The topological polar surface area (TPSA) is 109 Å². The first-order chi connectivity index (χ1) is 10.1. The molecule has 2 rings (SSSR count). The summed E-state index contributed by atoms with van der Waals surface area (Å²) in [5, 5.41) is 18.1. The van der Waals surface area contributed by atoms with Crippen LogP contribution in [0.4, 0.5) is 10.7 Å². The van der Waals surface area contributed by atoms with Gasteiger partial charge in [0.05, 0.1) is 5.92 Å². The highest BCUT2D eigenvalue weighted by atomic mass is 16.4. The summed E-state index contributed by atoms with van der Waals surface area (Å²) in [6.45, 7) is -0.0248. The van der Waals surface area contributed by atoms with Crippen LogP contribution in [0.5, 0.6) is 0 Å². The summed E-state index contributed by atoms with van der Waals surface area (Å²) in [4.78, 5) is 26.8. The van der Waals surface area contributed by atoms with Crippen LogP contribution < -0.4 is 10.6 Å². The number of carboxylic acid groups (broad SMARTS) is 1. The Balaban J connectivity index is 1.95. The van der Waals surface area contributed by atoms with Gasteiger partial charge in [-0.3, -0.25) is 10.1 Å². The first kappa shape index (κ1) is 14.5. The van der Waals surface area contributed by atoms with Gasteiger partial charge in [-0.05, 0) is 5.56 Å². The highest BCUT2D eigenvalue weighted by molar-refractivity contribution is 5.88. The Bertz CT molecular complexity index is 626. The van der Waals surface area contributed by atoms with Gasteiger partial charge in [-0.1, -0.05) is 30.3 Å². The molecule has 0 aliphatic rings. The van der Waals surface area contributed by atoms with Crippen molar-refractivity contribution >= 4 is 17.9 Å². The van der Waals surface area contributed by atoms with E-state index in [0.29, 0.717) is 5.56 Å². The molecular formula is C13H15N5O3. The molecule has 1 unspecified atom stereocenters. The fraction of sp³-hybridized carbons (Fsp3) is 0.231. The van der Waals surface area contributed by atoms with Crippen molar-refractivity contribution in [2.45, 2.75) is 5.92 Å². The molecule has 1 aromatic carbocycles. The van der Waals surface area contributed by atoms with Crippen LogP contribution in [0.3, 0.4) is 0 Å². The number of nitrogens with zero attached hydrogens (tertiary/aromatic N) is 3. The number of carbonyl (C=O) groups excluding carboxylic acids is 1. The predicted molar refractivity (Wildman–Crippen MR) is 74.8 cm³/mol. The molecule has 3 N–H and O–H groups in total.